The van der Waals surface area contributed by atoms with Gasteiger partial charge in [-0.05, 0) is 45.4 Å². The Morgan fingerprint density at radius 1 is 0.750 bits per heavy atom. The molecule has 0 saturated heterocycles. The SMILES string of the molecule is [B]c1ccc(/C(=C(\C=C)CC=C)c2ccccc2C(=C)c2ccccc2)cc1. The molecule has 3 aromatic carbocycles. The maximum atomic E-state index is 5.92. The highest BCUT2D eigenvalue weighted by Gasteiger charge is 2.15. The van der Waals surface area contributed by atoms with Gasteiger partial charge in [-0.3, -0.25) is 0 Å². The van der Waals surface area contributed by atoms with Crippen LogP contribution in [0.2, 0.25) is 0 Å². The summed E-state index contributed by atoms with van der Waals surface area (Å²) in [5.74, 6) is 0. The third-order valence-electron chi connectivity index (χ3n) is 4.77. The Morgan fingerprint density at radius 2 is 1.36 bits per heavy atom. The van der Waals surface area contributed by atoms with Crippen molar-refractivity contribution in [2.24, 2.45) is 0 Å². The molecule has 0 nitrogen and oxygen atoms in total. The van der Waals surface area contributed by atoms with Gasteiger partial charge in [0, 0.05) is 0 Å². The van der Waals surface area contributed by atoms with Crippen LogP contribution in [0.4, 0.5) is 0 Å². The van der Waals surface area contributed by atoms with Crippen LogP contribution in [0.15, 0.2) is 116 Å². The van der Waals surface area contributed by atoms with Gasteiger partial charge in [-0.25, -0.2) is 0 Å². The molecule has 0 N–H and O–H groups in total. The van der Waals surface area contributed by atoms with Gasteiger partial charge in [0.1, 0.15) is 7.85 Å². The van der Waals surface area contributed by atoms with E-state index in [1.807, 2.05) is 42.5 Å². The van der Waals surface area contributed by atoms with E-state index in [9.17, 15) is 0 Å². The molecule has 0 saturated carbocycles. The van der Waals surface area contributed by atoms with Gasteiger partial charge >= 0.3 is 0 Å². The number of hydrogen-bond acceptors (Lipinski definition) is 0. The number of benzene rings is 3. The monoisotopic (exact) mass is 358 g/mol. The van der Waals surface area contributed by atoms with E-state index in [1.54, 1.807) is 0 Å². The second-order valence-electron chi connectivity index (χ2n) is 6.61. The fourth-order valence-corrected chi connectivity index (χ4v) is 3.37. The predicted octanol–water partition coefficient (Wildman–Crippen LogP) is 6.11. The lowest BCUT2D eigenvalue weighted by Gasteiger charge is -2.19. The molecule has 2 radical (unpaired) electrons. The van der Waals surface area contributed by atoms with Gasteiger partial charge in [0.25, 0.3) is 0 Å². The minimum Gasteiger partial charge on any atom is -0.103 e. The van der Waals surface area contributed by atoms with Crippen molar-refractivity contribution in [3.05, 3.63) is 139 Å². The standard InChI is InChI=1S/C27H23B/c1-4-11-21(5-2)27(23-16-18-24(28)19-17-23)26-15-10-9-14-25(26)20(3)22-12-7-6-8-13-22/h4-10,12-19H,1-3,11H2/b27-21-. The molecule has 3 rings (SSSR count). The van der Waals surface area contributed by atoms with Gasteiger partial charge in [0.15, 0.2) is 0 Å². The van der Waals surface area contributed by atoms with Gasteiger partial charge < -0.3 is 0 Å². The van der Waals surface area contributed by atoms with Crippen LogP contribution in [0.1, 0.15) is 28.7 Å². The van der Waals surface area contributed by atoms with Crippen molar-refractivity contribution in [3.8, 4) is 0 Å². The molecule has 0 amide bonds. The molecule has 0 aromatic heterocycles. The minimum absolute atomic E-state index is 0.732. The summed E-state index contributed by atoms with van der Waals surface area (Å²) in [7, 11) is 5.92. The van der Waals surface area contributed by atoms with Crippen LogP contribution < -0.4 is 5.46 Å². The van der Waals surface area contributed by atoms with E-state index in [2.05, 4.69) is 68.3 Å². The zero-order valence-corrected chi connectivity index (χ0v) is 16.1. The normalized spacial score (nSPS) is 11.4. The zero-order chi connectivity index (χ0) is 19.9. The Bertz CT molecular complexity index is 1020. The fourth-order valence-electron chi connectivity index (χ4n) is 3.37. The molecule has 28 heavy (non-hydrogen) atoms. The van der Waals surface area contributed by atoms with Gasteiger partial charge in [-0.2, -0.15) is 0 Å². The quantitative estimate of drug-likeness (QED) is 0.272. The molecule has 0 fully saturated rings. The first kappa shape index (κ1) is 19.4. The molecule has 0 spiro atoms. The number of allylic oxidation sites excluding steroid dienone is 3. The highest BCUT2D eigenvalue weighted by Crippen LogP contribution is 2.35. The van der Waals surface area contributed by atoms with Crippen LogP contribution in [0.3, 0.4) is 0 Å². The van der Waals surface area contributed by atoms with Gasteiger partial charge in [0.2, 0.25) is 0 Å². The van der Waals surface area contributed by atoms with E-state index in [4.69, 9.17) is 7.85 Å². The van der Waals surface area contributed by atoms with Crippen LogP contribution in [-0.4, -0.2) is 7.85 Å². The number of hydrogen-bond donors (Lipinski definition) is 0. The molecule has 0 aliphatic heterocycles. The molecule has 1 heteroatoms. The van der Waals surface area contributed by atoms with E-state index < -0.39 is 0 Å². The van der Waals surface area contributed by atoms with Crippen molar-refractivity contribution in [3.63, 3.8) is 0 Å². The summed E-state index contributed by atoms with van der Waals surface area (Å²) in [5.41, 5.74) is 8.41. The third-order valence-corrected chi connectivity index (χ3v) is 4.77. The van der Waals surface area contributed by atoms with Crippen LogP contribution in [0.25, 0.3) is 11.1 Å². The van der Waals surface area contributed by atoms with Crippen LogP contribution in [0, 0.1) is 0 Å². The van der Waals surface area contributed by atoms with Crippen LogP contribution in [0.5, 0.6) is 0 Å². The summed E-state index contributed by atoms with van der Waals surface area (Å²) in [4.78, 5) is 0. The maximum absolute atomic E-state index is 5.92. The van der Waals surface area contributed by atoms with E-state index in [0.29, 0.717) is 0 Å². The smallest absolute Gasteiger partial charge is 0.103 e. The fraction of sp³-hybridized carbons (Fsp3) is 0.0370. The second kappa shape index (κ2) is 9.06. The summed E-state index contributed by atoms with van der Waals surface area (Å²) >= 11 is 0. The van der Waals surface area contributed by atoms with Crippen molar-refractivity contribution in [2.45, 2.75) is 6.42 Å². The van der Waals surface area contributed by atoms with E-state index in [1.165, 1.54) is 0 Å². The Labute approximate surface area is 169 Å². The Balaban J connectivity index is 2.25. The van der Waals surface area contributed by atoms with Crippen molar-refractivity contribution >= 4 is 24.5 Å². The molecule has 0 bridgehead atoms. The molecule has 0 aliphatic carbocycles. The molecule has 0 unspecified atom stereocenters. The zero-order valence-electron chi connectivity index (χ0n) is 16.1. The average Bonchev–Trinajstić information content (AvgIpc) is 2.75. The highest BCUT2D eigenvalue weighted by molar-refractivity contribution is 6.32. The van der Waals surface area contributed by atoms with Crippen molar-refractivity contribution < 1.29 is 0 Å². The molecule has 134 valence electrons. The van der Waals surface area contributed by atoms with Crippen molar-refractivity contribution in [1.82, 2.24) is 0 Å². The third kappa shape index (κ3) is 4.15. The lowest BCUT2D eigenvalue weighted by Crippen LogP contribution is -2.03. The first-order chi connectivity index (χ1) is 13.7. The van der Waals surface area contributed by atoms with E-state index in [-0.39, 0.29) is 0 Å². The number of rotatable bonds is 7. The van der Waals surface area contributed by atoms with Crippen molar-refractivity contribution in [2.75, 3.05) is 0 Å². The molecule has 0 aliphatic rings. The Hall–Kier alpha value is -3.32. The molecule has 0 heterocycles. The predicted molar refractivity (Wildman–Crippen MR) is 124 cm³/mol. The largest absolute Gasteiger partial charge is 0.113 e. The van der Waals surface area contributed by atoms with Crippen LogP contribution >= 0.6 is 0 Å². The average molecular weight is 358 g/mol. The molecular weight excluding hydrogens is 335 g/mol. The lowest BCUT2D eigenvalue weighted by atomic mass is 9.84. The Kier molecular flexibility index (Phi) is 6.29. The first-order valence-electron chi connectivity index (χ1n) is 9.32. The Morgan fingerprint density at radius 3 is 1.96 bits per heavy atom. The van der Waals surface area contributed by atoms with Gasteiger partial charge in [0.05, 0.1) is 0 Å². The van der Waals surface area contributed by atoms with Crippen molar-refractivity contribution in [1.29, 1.82) is 0 Å². The summed E-state index contributed by atoms with van der Waals surface area (Å²) in [6.45, 7) is 12.4. The molecular formula is C27H23B. The summed E-state index contributed by atoms with van der Waals surface area (Å²) in [5, 5.41) is 0. The van der Waals surface area contributed by atoms with E-state index in [0.717, 1.165) is 50.9 Å². The van der Waals surface area contributed by atoms with E-state index >= 15 is 0 Å². The maximum Gasteiger partial charge on any atom is 0.113 e. The van der Waals surface area contributed by atoms with Gasteiger partial charge in [-0.15, -0.1) is 6.58 Å². The summed E-state index contributed by atoms with van der Waals surface area (Å²) < 4.78 is 0. The topological polar surface area (TPSA) is 0 Å². The van der Waals surface area contributed by atoms with Gasteiger partial charge in [-0.1, -0.05) is 110 Å². The first-order valence-corrected chi connectivity index (χ1v) is 9.32. The highest BCUT2D eigenvalue weighted by atomic mass is 14.2. The minimum atomic E-state index is 0.732. The summed E-state index contributed by atoms with van der Waals surface area (Å²) in [6.07, 6.45) is 4.55. The molecule has 3 aromatic rings. The summed E-state index contributed by atoms with van der Waals surface area (Å²) in [6, 6.07) is 26.6. The second-order valence-corrected chi connectivity index (χ2v) is 6.61. The van der Waals surface area contributed by atoms with Crippen LogP contribution in [-0.2, 0) is 0 Å². The lowest BCUT2D eigenvalue weighted by molar-refractivity contribution is 1.29. The molecule has 0 atom stereocenters.